The number of phenols is 1. The van der Waals surface area contributed by atoms with Crippen molar-refractivity contribution in [3.8, 4) is 16.9 Å². The smallest absolute Gasteiger partial charge is 0.129 e. The zero-order chi connectivity index (χ0) is 21.8. The van der Waals surface area contributed by atoms with Crippen molar-refractivity contribution in [1.29, 1.82) is 0 Å². The molecule has 1 saturated carbocycles. The lowest BCUT2D eigenvalue weighted by Crippen LogP contribution is -2.20. The molecule has 1 aliphatic carbocycles. The van der Waals surface area contributed by atoms with Gasteiger partial charge in [-0.25, -0.2) is 0 Å². The van der Waals surface area contributed by atoms with E-state index in [0.29, 0.717) is 11.8 Å². The van der Waals surface area contributed by atoms with Crippen LogP contribution in [-0.4, -0.2) is 17.4 Å². The largest absolute Gasteiger partial charge is 0.507 e. The van der Waals surface area contributed by atoms with E-state index >= 15 is 0 Å². The highest BCUT2D eigenvalue weighted by atomic mass is 16.3. The molecule has 4 rings (SSSR count). The van der Waals surface area contributed by atoms with Crippen LogP contribution < -0.4 is 0 Å². The van der Waals surface area contributed by atoms with Gasteiger partial charge >= 0.3 is 0 Å². The second-order valence-corrected chi connectivity index (χ2v) is 9.47. The molecule has 31 heavy (non-hydrogen) atoms. The number of aliphatic imine (C=N–C) groups is 1. The summed E-state index contributed by atoms with van der Waals surface area (Å²) in [5, 5.41) is 11.5. The van der Waals surface area contributed by atoms with Crippen LogP contribution in [0.5, 0.6) is 5.75 Å². The van der Waals surface area contributed by atoms with Gasteiger partial charge in [0, 0.05) is 28.8 Å². The lowest BCUT2D eigenvalue weighted by Gasteiger charge is -2.28. The van der Waals surface area contributed by atoms with Gasteiger partial charge in [0.1, 0.15) is 5.75 Å². The van der Waals surface area contributed by atoms with Crippen molar-refractivity contribution in [2.45, 2.75) is 57.9 Å². The second-order valence-electron chi connectivity index (χ2n) is 9.47. The van der Waals surface area contributed by atoms with Gasteiger partial charge in [-0.05, 0) is 48.3 Å². The van der Waals surface area contributed by atoms with Crippen LogP contribution in [0, 0.1) is 5.92 Å². The van der Waals surface area contributed by atoms with Crippen molar-refractivity contribution in [3.63, 3.8) is 0 Å². The van der Waals surface area contributed by atoms with Gasteiger partial charge in [0.25, 0.3) is 0 Å². The predicted octanol–water partition coefficient (Wildman–Crippen LogP) is 7.38. The monoisotopic (exact) mass is 411 g/mol. The average molecular weight is 412 g/mol. The maximum absolute atomic E-state index is 11.5. The molecular formula is C29H33NO. The molecule has 2 heteroatoms. The molecule has 3 aromatic rings. The summed E-state index contributed by atoms with van der Waals surface area (Å²) in [6, 6.07) is 25.2. The molecule has 0 aliphatic heterocycles. The van der Waals surface area contributed by atoms with Crippen molar-refractivity contribution >= 4 is 6.21 Å². The summed E-state index contributed by atoms with van der Waals surface area (Å²) in [6.45, 7) is 6.67. The number of hydrogen-bond acceptors (Lipinski definition) is 2. The van der Waals surface area contributed by atoms with Crippen molar-refractivity contribution in [3.05, 3.63) is 89.5 Å². The van der Waals surface area contributed by atoms with Gasteiger partial charge in [0.05, 0.1) is 0 Å². The molecule has 0 radical (unpaired) electrons. The zero-order valence-corrected chi connectivity index (χ0v) is 18.9. The maximum atomic E-state index is 11.5. The second kappa shape index (κ2) is 9.09. The highest BCUT2D eigenvalue weighted by molar-refractivity contribution is 5.94. The minimum absolute atomic E-state index is 0.316. The Morgan fingerprint density at radius 1 is 0.839 bits per heavy atom. The van der Waals surface area contributed by atoms with E-state index in [9.17, 15) is 5.11 Å². The minimum Gasteiger partial charge on any atom is -0.507 e. The normalized spacial score (nSPS) is 19.6. The first-order valence-corrected chi connectivity index (χ1v) is 11.5. The Bertz CT molecular complexity index is 1030. The molecule has 1 fully saturated rings. The zero-order valence-electron chi connectivity index (χ0n) is 18.9. The number of nitrogens with zero attached hydrogens (tertiary/aromatic N) is 1. The van der Waals surface area contributed by atoms with Crippen LogP contribution in [0.4, 0.5) is 0 Å². The predicted molar refractivity (Wildman–Crippen MR) is 131 cm³/mol. The van der Waals surface area contributed by atoms with Crippen molar-refractivity contribution in [2.75, 3.05) is 0 Å². The van der Waals surface area contributed by atoms with Crippen LogP contribution in [0.25, 0.3) is 11.1 Å². The fraction of sp³-hybridized carbons (Fsp3) is 0.345. The Morgan fingerprint density at radius 3 is 2.10 bits per heavy atom. The van der Waals surface area contributed by atoms with Crippen LogP contribution >= 0.6 is 0 Å². The van der Waals surface area contributed by atoms with Crippen LogP contribution in [0.2, 0.25) is 0 Å². The molecule has 1 aliphatic rings. The number of aromatic hydroxyl groups is 1. The molecule has 2 nitrogen and oxygen atoms in total. The lowest BCUT2D eigenvalue weighted by atomic mass is 9.76. The van der Waals surface area contributed by atoms with Gasteiger partial charge in [-0.15, -0.1) is 0 Å². The summed E-state index contributed by atoms with van der Waals surface area (Å²) >= 11 is 0. The van der Waals surface area contributed by atoms with Gasteiger partial charge in [-0.2, -0.15) is 0 Å². The van der Waals surface area contributed by atoms with Crippen molar-refractivity contribution in [2.24, 2.45) is 10.9 Å². The fourth-order valence-electron chi connectivity index (χ4n) is 4.69. The Balaban J connectivity index is 1.78. The van der Waals surface area contributed by atoms with Gasteiger partial charge in [0.15, 0.2) is 0 Å². The van der Waals surface area contributed by atoms with E-state index in [4.69, 9.17) is 4.99 Å². The van der Waals surface area contributed by atoms with Crippen LogP contribution in [0.15, 0.2) is 77.8 Å². The molecule has 0 atom stereocenters. The van der Waals surface area contributed by atoms with Crippen LogP contribution in [-0.2, 0) is 5.41 Å². The van der Waals surface area contributed by atoms with Crippen molar-refractivity contribution < 1.29 is 5.11 Å². The quantitative estimate of drug-likeness (QED) is 0.436. The summed E-state index contributed by atoms with van der Waals surface area (Å²) in [6.07, 6.45) is 6.67. The summed E-state index contributed by atoms with van der Waals surface area (Å²) in [4.78, 5) is 4.95. The Hall–Kier alpha value is -2.87. The molecular weight excluding hydrogens is 378 g/mol. The molecule has 0 saturated heterocycles. The first-order chi connectivity index (χ1) is 15.0. The van der Waals surface area contributed by atoms with E-state index in [-0.39, 0.29) is 5.41 Å². The third kappa shape index (κ3) is 4.58. The molecule has 0 unspecified atom stereocenters. The van der Waals surface area contributed by atoms with Gasteiger partial charge in [-0.1, -0.05) is 93.6 Å². The molecule has 0 aromatic heterocycles. The molecule has 0 spiro atoms. The fourth-order valence-corrected chi connectivity index (χ4v) is 4.69. The first-order valence-electron chi connectivity index (χ1n) is 11.5. The summed E-state index contributed by atoms with van der Waals surface area (Å²) in [7, 11) is 0. The highest BCUT2D eigenvalue weighted by Gasteiger charge is 2.28. The van der Waals surface area contributed by atoms with Gasteiger partial charge in [-0.3, -0.25) is 4.99 Å². The lowest BCUT2D eigenvalue weighted by molar-refractivity contribution is 0.350. The molecule has 0 amide bonds. The van der Waals surface area contributed by atoms with Gasteiger partial charge in [0.2, 0.25) is 0 Å². The average Bonchev–Trinajstić information content (AvgIpc) is 2.80. The molecule has 3 aromatic carbocycles. The SMILES string of the molecule is CC1CCC(N=Cc2c(-c3ccccc3)ccc(C(C)(C)c3ccccc3)c2O)CC1. The van der Waals surface area contributed by atoms with E-state index in [1.54, 1.807) is 0 Å². The third-order valence-electron chi connectivity index (χ3n) is 6.87. The molecule has 0 bridgehead atoms. The van der Waals surface area contributed by atoms with E-state index in [2.05, 4.69) is 69.3 Å². The minimum atomic E-state index is -0.316. The van der Waals surface area contributed by atoms with Crippen molar-refractivity contribution in [1.82, 2.24) is 0 Å². The summed E-state index contributed by atoms with van der Waals surface area (Å²) in [5.41, 5.74) is 4.74. The summed E-state index contributed by atoms with van der Waals surface area (Å²) in [5.74, 6) is 1.14. The Labute approximate surface area is 186 Å². The van der Waals surface area contributed by atoms with Crippen LogP contribution in [0.1, 0.15) is 63.1 Å². The number of hydrogen-bond donors (Lipinski definition) is 1. The molecule has 0 heterocycles. The molecule has 160 valence electrons. The topological polar surface area (TPSA) is 32.6 Å². The van der Waals surface area contributed by atoms with Crippen LogP contribution in [0.3, 0.4) is 0 Å². The Kier molecular flexibility index (Phi) is 6.27. The van der Waals surface area contributed by atoms with E-state index in [1.807, 2.05) is 30.5 Å². The van der Waals surface area contributed by atoms with E-state index < -0.39 is 0 Å². The standard InChI is InChI=1S/C29H33NO/c1-21-14-16-24(17-15-21)30-20-26-25(22-10-6-4-7-11-22)18-19-27(28(26)31)29(2,3)23-12-8-5-9-13-23/h4-13,18-21,24,31H,14-17H2,1-3H3. The van der Waals surface area contributed by atoms with Gasteiger partial charge < -0.3 is 5.11 Å². The number of benzene rings is 3. The van der Waals surface area contributed by atoms with E-state index in [1.165, 1.54) is 18.4 Å². The number of rotatable bonds is 5. The summed E-state index contributed by atoms with van der Waals surface area (Å²) < 4.78 is 0. The molecule has 1 N–H and O–H groups in total. The highest BCUT2D eigenvalue weighted by Crippen LogP contribution is 2.41. The number of phenolic OH excluding ortho intramolecular Hbond substituents is 1. The maximum Gasteiger partial charge on any atom is 0.129 e. The van der Waals surface area contributed by atoms with E-state index in [0.717, 1.165) is 41.0 Å². The first kappa shape index (κ1) is 21.4. The third-order valence-corrected chi connectivity index (χ3v) is 6.87. The Morgan fingerprint density at radius 2 is 1.45 bits per heavy atom.